The lowest BCUT2D eigenvalue weighted by Crippen LogP contribution is -2.23. The summed E-state index contributed by atoms with van der Waals surface area (Å²) in [6.07, 6.45) is -1.77. The summed E-state index contributed by atoms with van der Waals surface area (Å²) >= 11 is 1.08. The van der Waals surface area contributed by atoms with Gasteiger partial charge in [-0.05, 0) is 42.0 Å². The van der Waals surface area contributed by atoms with Crippen LogP contribution in [0.25, 0.3) is 6.08 Å². The van der Waals surface area contributed by atoms with E-state index in [4.69, 9.17) is 4.74 Å². The number of benzene rings is 2. The van der Waals surface area contributed by atoms with Gasteiger partial charge in [-0.2, -0.15) is 13.2 Å². The van der Waals surface area contributed by atoms with Gasteiger partial charge in [0, 0.05) is 24.9 Å². The number of hydrogen-bond donors (Lipinski definition) is 1. The van der Waals surface area contributed by atoms with E-state index < -0.39 is 17.6 Å². The van der Waals surface area contributed by atoms with Gasteiger partial charge in [0.25, 0.3) is 0 Å². The number of carbonyl (C=O) groups is 2. The van der Waals surface area contributed by atoms with Gasteiger partial charge in [0.15, 0.2) is 5.13 Å². The molecule has 0 radical (unpaired) electrons. The van der Waals surface area contributed by atoms with Crippen LogP contribution in [0.5, 0.6) is 5.75 Å². The number of methoxy groups -OCH3 is 1. The lowest BCUT2D eigenvalue weighted by molar-refractivity contribution is -0.137. The first-order valence-electron chi connectivity index (χ1n) is 9.69. The van der Waals surface area contributed by atoms with Crippen molar-refractivity contribution in [3.05, 3.63) is 76.8 Å². The van der Waals surface area contributed by atoms with Crippen LogP contribution >= 0.6 is 11.3 Å². The number of ether oxygens (including phenoxy) is 1. The molecule has 0 spiro atoms. The zero-order chi connectivity index (χ0) is 24.0. The third-order valence-corrected chi connectivity index (χ3v) is 5.32. The van der Waals surface area contributed by atoms with Gasteiger partial charge in [0.05, 0.1) is 24.1 Å². The molecule has 0 aliphatic carbocycles. The molecule has 0 aliphatic rings. The summed E-state index contributed by atoms with van der Waals surface area (Å²) in [4.78, 5) is 29.6. The fourth-order valence-corrected chi connectivity index (χ4v) is 3.71. The zero-order valence-corrected chi connectivity index (χ0v) is 18.5. The maximum Gasteiger partial charge on any atom is 0.416 e. The van der Waals surface area contributed by atoms with Crippen LogP contribution in [0.2, 0.25) is 0 Å². The molecule has 0 saturated heterocycles. The highest BCUT2D eigenvalue weighted by molar-refractivity contribution is 7.14. The molecular formula is C23H20F3N3O3S. The number of halogens is 3. The van der Waals surface area contributed by atoms with Crippen LogP contribution in [0, 0.1) is 0 Å². The van der Waals surface area contributed by atoms with Gasteiger partial charge in [-0.1, -0.05) is 18.2 Å². The number of nitrogens with one attached hydrogen (secondary N) is 1. The second kappa shape index (κ2) is 10.3. The SMILES string of the molecule is COc1ccc(CNC(=O)C=Cc2csc(N(C(C)=O)c3cccc(C(F)(F)F)c3)n2)cc1. The number of hydrogen-bond acceptors (Lipinski definition) is 5. The molecule has 1 heterocycles. The Bertz CT molecular complexity index is 1160. The van der Waals surface area contributed by atoms with Gasteiger partial charge in [0.2, 0.25) is 11.8 Å². The average molecular weight is 475 g/mol. The molecule has 1 aromatic heterocycles. The largest absolute Gasteiger partial charge is 0.497 e. The fourth-order valence-electron chi connectivity index (χ4n) is 2.86. The monoisotopic (exact) mass is 475 g/mol. The Balaban J connectivity index is 1.68. The fraction of sp³-hybridized carbons (Fsp3) is 0.174. The highest BCUT2D eigenvalue weighted by Crippen LogP contribution is 2.35. The number of aromatic nitrogens is 1. The van der Waals surface area contributed by atoms with Gasteiger partial charge in [-0.25, -0.2) is 4.98 Å². The maximum atomic E-state index is 13.1. The van der Waals surface area contributed by atoms with Crippen LogP contribution in [-0.2, 0) is 22.3 Å². The summed E-state index contributed by atoms with van der Waals surface area (Å²) in [5.74, 6) is -0.118. The minimum Gasteiger partial charge on any atom is -0.497 e. The maximum absolute atomic E-state index is 13.1. The third-order valence-electron chi connectivity index (χ3n) is 4.48. The Labute approximate surface area is 192 Å². The molecule has 0 unspecified atom stereocenters. The first kappa shape index (κ1) is 24.0. The topological polar surface area (TPSA) is 71.5 Å². The molecule has 3 aromatic rings. The van der Waals surface area contributed by atoms with E-state index in [0.29, 0.717) is 18.0 Å². The van der Waals surface area contributed by atoms with E-state index in [9.17, 15) is 22.8 Å². The molecule has 0 fully saturated rings. The smallest absolute Gasteiger partial charge is 0.416 e. The number of amides is 2. The molecule has 3 rings (SSSR count). The van der Waals surface area contributed by atoms with Crippen LogP contribution in [0.3, 0.4) is 0 Å². The van der Waals surface area contributed by atoms with E-state index in [1.165, 1.54) is 31.2 Å². The molecule has 0 aliphatic heterocycles. The van der Waals surface area contributed by atoms with E-state index >= 15 is 0 Å². The summed E-state index contributed by atoms with van der Waals surface area (Å²) in [5, 5.41) is 4.54. The van der Waals surface area contributed by atoms with Crippen molar-refractivity contribution >= 4 is 40.0 Å². The lowest BCUT2D eigenvalue weighted by atomic mass is 10.2. The number of anilines is 2. The average Bonchev–Trinajstić information content (AvgIpc) is 3.24. The van der Waals surface area contributed by atoms with Gasteiger partial charge in [-0.3, -0.25) is 14.5 Å². The van der Waals surface area contributed by atoms with Gasteiger partial charge in [-0.15, -0.1) is 11.3 Å². The standard InChI is InChI=1S/C23H20F3N3O3S/c1-15(30)29(19-5-3-4-17(12-19)23(24,25)26)22-28-18(14-33-22)8-11-21(31)27-13-16-6-9-20(32-2)10-7-16/h3-12,14H,13H2,1-2H3,(H,27,31). The summed E-state index contributed by atoms with van der Waals surface area (Å²) < 4.78 is 44.2. The molecule has 2 aromatic carbocycles. The van der Waals surface area contributed by atoms with E-state index in [1.54, 1.807) is 24.6 Å². The number of thiazole rings is 1. The second-order valence-electron chi connectivity index (χ2n) is 6.86. The predicted octanol–water partition coefficient (Wildman–Crippen LogP) is 5.18. The molecule has 2 amide bonds. The van der Waals surface area contributed by atoms with Crippen LogP contribution in [-0.4, -0.2) is 23.9 Å². The first-order valence-corrected chi connectivity index (χ1v) is 10.6. The third kappa shape index (κ3) is 6.42. The summed E-state index contributed by atoms with van der Waals surface area (Å²) in [6, 6.07) is 11.7. The van der Waals surface area contributed by atoms with Crippen molar-refractivity contribution in [2.75, 3.05) is 12.0 Å². The Hall–Kier alpha value is -3.66. The Kier molecular flexibility index (Phi) is 7.49. The zero-order valence-electron chi connectivity index (χ0n) is 17.7. The molecule has 0 atom stereocenters. The number of nitrogens with zero attached hydrogens (tertiary/aromatic N) is 2. The van der Waals surface area contributed by atoms with Crippen molar-refractivity contribution in [2.45, 2.75) is 19.6 Å². The normalized spacial score (nSPS) is 11.4. The van der Waals surface area contributed by atoms with Crippen LogP contribution in [0.4, 0.5) is 24.0 Å². The van der Waals surface area contributed by atoms with Crippen molar-refractivity contribution in [2.24, 2.45) is 0 Å². The van der Waals surface area contributed by atoms with Gasteiger partial charge >= 0.3 is 6.18 Å². The summed E-state index contributed by atoms with van der Waals surface area (Å²) in [5.41, 5.74) is 0.482. The highest BCUT2D eigenvalue weighted by Gasteiger charge is 2.31. The Morgan fingerprint density at radius 3 is 2.55 bits per heavy atom. The quantitative estimate of drug-likeness (QED) is 0.478. The molecule has 6 nitrogen and oxygen atoms in total. The number of alkyl halides is 3. The van der Waals surface area contributed by atoms with E-state index in [-0.39, 0.29) is 16.7 Å². The minimum atomic E-state index is -4.53. The molecule has 10 heteroatoms. The first-order chi connectivity index (χ1) is 15.7. The van der Waals surface area contributed by atoms with Crippen molar-refractivity contribution in [1.29, 1.82) is 0 Å². The van der Waals surface area contributed by atoms with E-state index in [1.807, 2.05) is 12.1 Å². The van der Waals surface area contributed by atoms with Crippen LogP contribution < -0.4 is 15.0 Å². The van der Waals surface area contributed by atoms with Crippen LogP contribution in [0.15, 0.2) is 60.0 Å². The van der Waals surface area contributed by atoms with Crippen LogP contribution in [0.1, 0.15) is 23.7 Å². The highest BCUT2D eigenvalue weighted by atomic mass is 32.1. The molecular weight excluding hydrogens is 455 g/mol. The molecule has 0 bridgehead atoms. The second-order valence-corrected chi connectivity index (χ2v) is 7.69. The number of rotatable bonds is 7. The predicted molar refractivity (Wildman–Crippen MR) is 120 cm³/mol. The summed E-state index contributed by atoms with van der Waals surface area (Å²) in [6.45, 7) is 1.56. The molecule has 0 saturated carbocycles. The van der Waals surface area contributed by atoms with Gasteiger partial charge < -0.3 is 10.1 Å². The molecule has 33 heavy (non-hydrogen) atoms. The lowest BCUT2D eigenvalue weighted by Gasteiger charge is -2.19. The van der Waals surface area contributed by atoms with Crippen molar-refractivity contribution < 1.29 is 27.5 Å². The Morgan fingerprint density at radius 1 is 1.18 bits per heavy atom. The van der Waals surface area contributed by atoms with Gasteiger partial charge in [0.1, 0.15) is 5.75 Å². The van der Waals surface area contributed by atoms with Crippen molar-refractivity contribution in [3.8, 4) is 5.75 Å². The number of carbonyl (C=O) groups excluding carboxylic acids is 2. The van der Waals surface area contributed by atoms with Crippen molar-refractivity contribution in [3.63, 3.8) is 0 Å². The Morgan fingerprint density at radius 2 is 1.91 bits per heavy atom. The van der Waals surface area contributed by atoms with Crippen molar-refractivity contribution in [1.82, 2.24) is 10.3 Å². The molecule has 172 valence electrons. The van der Waals surface area contributed by atoms with E-state index in [2.05, 4.69) is 10.3 Å². The van der Waals surface area contributed by atoms with E-state index in [0.717, 1.165) is 33.9 Å². The minimum absolute atomic E-state index is 0.0550. The molecule has 1 N–H and O–H groups in total. The summed E-state index contributed by atoms with van der Waals surface area (Å²) in [7, 11) is 1.57.